The summed E-state index contributed by atoms with van der Waals surface area (Å²) in [7, 11) is 1.65. The average Bonchev–Trinajstić information content (AvgIpc) is 3.19. The van der Waals surface area contributed by atoms with Crippen LogP contribution >= 0.6 is 0 Å². The van der Waals surface area contributed by atoms with Gasteiger partial charge in [0.2, 0.25) is 0 Å². The molecule has 1 aliphatic carbocycles. The summed E-state index contributed by atoms with van der Waals surface area (Å²) in [6.07, 6.45) is 2.01. The van der Waals surface area contributed by atoms with Crippen molar-refractivity contribution in [2.45, 2.75) is 30.8 Å². The lowest BCUT2D eigenvalue weighted by Crippen LogP contribution is -2.38. The number of benzene rings is 2. The molecule has 136 valence electrons. The van der Waals surface area contributed by atoms with Crippen LogP contribution < -0.4 is 4.90 Å². The van der Waals surface area contributed by atoms with Crippen LogP contribution in [0.15, 0.2) is 54.6 Å². The number of hydrogen-bond acceptors (Lipinski definition) is 2. The highest BCUT2D eigenvalue weighted by Crippen LogP contribution is 2.46. The molecule has 0 N–H and O–H groups in total. The van der Waals surface area contributed by atoms with Gasteiger partial charge in [-0.05, 0) is 42.7 Å². The van der Waals surface area contributed by atoms with E-state index >= 15 is 0 Å². The van der Waals surface area contributed by atoms with E-state index in [1.54, 1.807) is 19.2 Å². The molecule has 0 bridgehead atoms. The monoisotopic (exact) mass is 354 g/mol. The molecule has 1 saturated heterocycles. The number of carbonyl (C=O) groups is 1. The zero-order valence-electron chi connectivity index (χ0n) is 14.8. The molecule has 2 aliphatic rings. The van der Waals surface area contributed by atoms with Gasteiger partial charge in [-0.2, -0.15) is 0 Å². The van der Waals surface area contributed by atoms with E-state index in [9.17, 15) is 9.18 Å². The predicted molar refractivity (Wildman–Crippen MR) is 98.9 cm³/mol. The summed E-state index contributed by atoms with van der Waals surface area (Å²) in [5, 5.41) is 0. The van der Waals surface area contributed by atoms with Crippen molar-refractivity contribution in [3.8, 4) is 0 Å². The Morgan fingerprint density at radius 1 is 1.08 bits per heavy atom. The molecule has 1 heterocycles. The second-order valence-electron chi connectivity index (χ2n) is 6.97. The van der Waals surface area contributed by atoms with E-state index in [0.29, 0.717) is 13.2 Å². The molecule has 5 heteroatoms. The Morgan fingerprint density at radius 2 is 1.81 bits per heavy atom. The van der Waals surface area contributed by atoms with Gasteiger partial charge >= 0.3 is 6.03 Å². The Morgan fingerprint density at radius 3 is 2.50 bits per heavy atom. The standard InChI is InChI=1S/C21H23FN2O2/c1-26-14-13-23-19-12-11-18(15-5-3-2-4-6-15)20(19)24(21(23)25)17-9-7-16(22)8-10-17/h2-10,18-20H,11-14H2,1H3/t18-,19-,20+/m0/s1. The second-order valence-corrected chi connectivity index (χ2v) is 6.97. The fraction of sp³-hybridized carbons (Fsp3) is 0.381. The van der Waals surface area contributed by atoms with Crippen LogP contribution in [-0.4, -0.2) is 43.3 Å². The summed E-state index contributed by atoms with van der Waals surface area (Å²) in [6, 6.07) is 16.8. The molecule has 2 aromatic rings. The largest absolute Gasteiger partial charge is 0.383 e. The van der Waals surface area contributed by atoms with Crippen molar-refractivity contribution in [2.24, 2.45) is 0 Å². The molecule has 0 radical (unpaired) electrons. The molecular formula is C21H23FN2O2. The summed E-state index contributed by atoms with van der Waals surface area (Å²) >= 11 is 0. The van der Waals surface area contributed by atoms with Gasteiger partial charge in [-0.25, -0.2) is 9.18 Å². The van der Waals surface area contributed by atoms with E-state index in [1.165, 1.54) is 17.7 Å². The molecule has 0 spiro atoms. The molecule has 2 amide bonds. The van der Waals surface area contributed by atoms with Crippen LogP contribution in [0.1, 0.15) is 24.3 Å². The second kappa shape index (κ2) is 7.08. The van der Waals surface area contributed by atoms with Crippen molar-refractivity contribution in [1.29, 1.82) is 0 Å². The van der Waals surface area contributed by atoms with Gasteiger partial charge in [-0.3, -0.25) is 4.90 Å². The summed E-state index contributed by atoms with van der Waals surface area (Å²) in [5.74, 6) is -0.0121. The number of anilines is 1. The van der Waals surface area contributed by atoms with Crippen LogP contribution in [0.5, 0.6) is 0 Å². The number of rotatable bonds is 5. The Bertz CT molecular complexity index is 765. The smallest absolute Gasteiger partial charge is 0.325 e. The molecule has 1 saturated carbocycles. The Hall–Kier alpha value is -2.40. The first-order valence-corrected chi connectivity index (χ1v) is 9.10. The third-order valence-electron chi connectivity index (χ3n) is 5.60. The summed E-state index contributed by atoms with van der Waals surface area (Å²) in [6.45, 7) is 1.10. The van der Waals surface area contributed by atoms with E-state index < -0.39 is 0 Å². The van der Waals surface area contributed by atoms with E-state index in [4.69, 9.17) is 4.74 Å². The van der Waals surface area contributed by atoms with Crippen molar-refractivity contribution in [3.05, 3.63) is 66.0 Å². The minimum absolute atomic E-state index is 0.00992. The zero-order valence-corrected chi connectivity index (χ0v) is 14.8. The molecule has 2 aromatic carbocycles. The number of ether oxygens (including phenoxy) is 1. The van der Waals surface area contributed by atoms with Gasteiger partial charge in [0.05, 0.1) is 18.7 Å². The molecule has 2 fully saturated rings. The molecular weight excluding hydrogens is 331 g/mol. The van der Waals surface area contributed by atoms with Crippen molar-refractivity contribution in [2.75, 3.05) is 25.2 Å². The minimum Gasteiger partial charge on any atom is -0.383 e. The number of methoxy groups -OCH3 is 1. The summed E-state index contributed by atoms with van der Waals surface area (Å²) in [5.41, 5.74) is 2.02. The predicted octanol–water partition coefficient (Wildman–Crippen LogP) is 4.03. The highest BCUT2D eigenvalue weighted by Gasteiger charge is 2.53. The topological polar surface area (TPSA) is 32.8 Å². The Labute approximate surface area is 153 Å². The van der Waals surface area contributed by atoms with Crippen LogP contribution in [0.3, 0.4) is 0 Å². The maximum absolute atomic E-state index is 13.4. The van der Waals surface area contributed by atoms with Crippen molar-refractivity contribution < 1.29 is 13.9 Å². The third-order valence-corrected chi connectivity index (χ3v) is 5.60. The van der Waals surface area contributed by atoms with E-state index in [1.807, 2.05) is 28.0 Å². The minimum atomic E-state index is -0.292. The quantitative estimate of drug-likeness (QED) is 0.812. The molecule has 0 aromatic heterocycles. The van der Waals surface area contributed by atoms with Crippen LogP contribution in [-0.2, 0) is 4.74 Å². The fourth-order valence-electron chi connectivity index (χ4n) is 4.46. The van der Waals surface area contributed by atoms with Gasteiger partial charge in [-0.15, -0.1) is 0 Å². The van der Waals surface area contributed by atoms with Crippen LogP contribution in [0.2, 0.25) is 0 Å². The van der Waals surface area contributed by atoms with Gasteiger partial charge in [0, 0.05) is 25.3 Å². The van der Waals surface area contributed by atoms with E-state index in [2.05, 4.69) is 12.1 Å². The number of carbonyl (C=O) groups excluding carboxylic acids is 1. The molecule has 26 heavy (non-hydrogen) atoms. The number of amides is 2. The fourth-order valence-corrected chi connectivity index (χ4v) is 4.46. The third kappa shape index (κ3) is 2.86. The summed E-state index contributed by atoms with van der Waals surface area (Å²) < 4.78 is 18.6. The lowest BCUT2D eigenvalue weighted by atomic mass is 9.92. The van der Waals surface area contributed by atoms with Gasteiger partial charge in [0.25, 0.3) is 0 Å². The van der Waals surface area contributed by atoms with Crippen molar-refractivity contribution in [3.63, 3.8) is 0 Å². The number of fused-ring (bicyclic) bond motifs is 1. The van der Waals surface area contributed by atoms with Crippen LogP contribution in [0.25, 0.3) is 0 Å². The highest BCUT2D eigenvalue weighted by molar-refractivity contribution is 5.96. The first-order chi connectivity index (χ1) is 12.7. The Balaban J connectivity index is 1.72. The number of nitrogens with zero attached hydrogens (tertiary/aromatic N) is 2. The first-order valence-electron chi connectivity index (χ1n) is 9.10. The zero-order chi connectivity index (χ0) is 18.1. The maximum Gasteiger partial charge on any atom is 0.325 e. The normalized spacial score (nSPS) is 25.0. The maximum atomic E-state index is 13.4. The van der Waals surface area contributed by atoms with Crippen LogP contribution in [0, 0.1) is 5.82 Å². The average molecular weight is 354 g/mol. The highest BCUT2D eigenvalue weighted by atomic mass is 19.1. The summed E-state index contributed by atoms with van der Waals surface area (Å²) in [4.78, 5) is 17.0. The molecule has 3 atom stereocenters. The number of halogens is 1. The van der Waals surface area contributed by atoms with Gasteiger partial charge in [-0.1, -0.05) is 30.3 Å². The Kier molecular flexibility index (Phi) is 4.64. The van der Waals surface area contributed by atoms with E-state index in [0.717, 1.165) is 18.5 Å². The molecule has 4 rings (SSSR count). The number of urea groups is 1. The first kappa shape index (κ1) is 17.0. The lowest BCUT2D eigenvalue weighted by molar-refractivity contribution is 0.146. The number of hydrogen-bond donors (Lipinski definition) is 0. The van der Waals surface area contributed by atoms with Gasteiger partial charge in [0.15, 0.2) is 0 Å². The lowest BCUT2D eigenvalue weighted by Gasteiger charge is -2.28. The van der Waals surface area contributed by atoms with Gasteiger partial charge < -0.3 is 9.64 Å². The van der Waals surface area contributed by atoms with Crippen molar-refractivity contribution in [1.82, 2.24) is 4.90 Å². The SMILES string of the molecule is COCCN1C(=O)N(c2ccc(F)cc2)[C@@H]2[C@H](c3ccccc3)CC[C@@H]21. The van der Waals surface area contributed by atoms with Crippen LogP contribution in [0.4, 0.5) is 14.9 Å². The van der Waals surface area contributed by atoms with E-state index in [-0.39, 0.29) is 29.8 Å². The van der Waals surface area contributed by atoms with Gasteiger partial charge in [0.1, 0.15) is 5.82 Å². The molecule has 0 unspecified atom stereocenters. The molecule has 1 aliphatic heterocycles. The molecule has 4 nitrogen and oxygen atoms in total. The van der Waals surface area contributed by atoms with Crippen molar-refractivity contribution >= 4 is 11.7 Å².